The zero-order chi connectivity index (χ0) is 22.2. The molecule has 3 N–H and O–H groups in total. The molecule has 0 saturated heterocycles. The molecule has 0 aromatic carbocycles. The summed E-state index contributed by atoms with van der Waals surface area (Å²) in [4.78, 5) is 35.2. The smallest absolute Gasteiger partial charge is 0.354 e. The number of pyridine rings is 3. The highest BCUT2D eigenvalue weighted by atomic mass is 16.5. The summed E-state index contributed by atoms with van der Waals surface area (Å²) in [6.07, 6.45) is 0. The molecule has 0 saturated carbocycles. The van der Waals surface area contributed by atoms with Crippen LogP contribution in [0.1, 0.15) is 21.0 Å². The summed E-state index contributed by atoms with van der Waals surface area (Å²) >= 11 is 0. The van der Waals surface area contributed by atoms with Gasteiger partial charge in [-0.05, 0) is 24.3 Å². The van der Waals surface area contributed by atoms with Crippen molar-refractivity contribution in [2.24, 2.45) is 0 Å². The standard InChI is InChI=1S/C21H19N3O7/c25-7-8-30-9-10-31-13-11-18(14-3-1-5-16(22-14)20(26)27)24-19(12-13)15-4-2-6-17(23-15)21(28)29/h1-6,11-12,25H,7-10H2,(H,26,27)(H,28,29). The quantitative estimate of drug-likeness (QED) is 0.411. The highest BCUT2D eigenvalue weighted by Gasteiger charge is 2.14. The van der Waals surface area contributed by atoms with Gasteiger partial charge in [-0.25, -0.2) is 24.5 Å². The van der Waals surface area contributed by atoms with Crippen LogP contribution in [0, 0.1) is 0 Å². The van der Waals surface area contributed by atoms with E-state index < -0.39 is 11.9 Å². The van der Waals surface area contributed by atoms with Gasteiger partial charge in [0, 0.05) is 12.1 Å². The van der Waals surface area contributed by atoms with Gasteiger partial charge in [0.1, 0.15) is 23.7 Å². The fourth-order valence-electron chi connectivity index (χ4n) is 2.63. The molecule has 0 atom stereocenters. The maximum Gasteiger partial charge on any atom is 0.354 e. The highest BCUT2D eigenvalue weighted by molar-refractivity contribution is 5.86. The number of carboxylic acid groups (broad SMARTS) is 2. The molecule has 0 aliphatic carbocycles. The monoisotopic (exact) mass is 425 g/mol. The van der Waals surface area contributed by atoms with Crippen LogP contribution in [-0.2, 0) is 4.74 Å². The Hall–Kier alpha value is -3.89. The van der Waals surface area contributed by atoms with E-state index in [1.54, 1.807) is 36.4 Å². The summed E-state index contributed by atoms with van der Waals surface area (Å²) in [5, 5.41) is 27.2. The first kappa shape index (κ1) is 21.8. The number of nitrogens with zero attached hydrogens (tertiary/aromatic N) is 3. The van der Waals surface area contributed by atoms with E-state index in [-0.39, 0.29) is 37.8 Å². The molecular formula is C21H19N3O7. The Morgan fingerprint density at radius 2 is 1.29 bits per heavy atom. The van der Waals surface area contributed by atoms with E-state index in [0.717, 1.165) is 0 Å². The van der Waals surface area contributed by atoms with E-state index in [2.05, 4.69) is 15.0 Å². The third kappa shape index (κ3) is 5.81. The molecule has 0 fully saturated rings. The number of carboxylic acids is 2. The molecule has 0 aliphatic rings. The molecule has 10 nitrogen and oxygen atoms in total. The number of carbonyl (C=O) groups is 2. The van der Waals surface area contributed by atoms with Crippen molar-refractivity contribution in [2.75, 3.05) is 26.4 Å². The third-order valence-electron chi connectivity index (χ3n) is 3.99. The number of aliphatic hydroxyl groups excluding tert-OH is 1. The maximum atomic E-state index is 11.3. The number of hydrogen-bond donors (Lipinski definition) is 3. The van der Waals surface area contributed by atoms with Crippen LogP contribution in [-0.4, -0.2) is 68.6 Å². The van der Waals surface area contributed by atoms with Gasteiger partial charge in [0.25, 0.3) is 0 Å². The number of aliphatic hydroxyl groups is 1. The second-order valence-electron chi connectivity index (χ2n) is 6.18. The summed E-state index contributed by atoms with van der Waals surface area (Å²) in [5.74, 6) is -1.96. The van der Waals surface area contributed by atoms with Crippen LogP contribution in [0.4, 0.5) is 0 Å². The van der Waals surface area contributed by atoms with E-state index in [4.69, 9.17) is 14.6 Å². The van der Waals surface area contributed by atoms with Gasteiger partial charge in [-0.3, -0.25) is 0 Å². The van der Waals surface area contributed by atoms with Crippen LogP contribution < -0.4 is 4.74 Å². The Kier molecular flexibility index (Phi) is 7.20. The van der Waals surface area contributed by atoms with Gasteiger partial charge in [-0.2, -0.15) is 0 Å². The SMILES string of the molecule is O=C(O)c1cccc(-c2cc(OCCOCCO)cc(-c3cccc(C(=O)O)n3)n2)n1. The van der Waals surface area contributed by atoms with Crippen molar-refractivity contribution in [2.45, 2.75) is 0 Å². The van der Waals surface area contributed by atoms with Crippen molar-refractivity contribution in [1.29, 1.82) is 0 Å². The zero-order valence-electron chi connectivity index (χ0n) is 16.3. The normalized spacial score (nSPS) is 10.6. The summed E-state index contributed by atoms with van der Waals surface area (Å²) in [7, 11) is 0. The lowest BCUT2D eigenvalue weighted by Crippen LogP contribution is -2.09. The van der Waals surface area contributed by atoms with E-state index >= 15 is 0 Å². The molecule has 3 aromatic rings. The van der Waals surface area contributed by atoms with Crippen molar-refractivity contribution in [3.8, 4) is 28.5 Å². The molecule has 0 spiro atoms. The molecule has 31 heavy (non-hydrogen) atoms. The van der Waals surface area contributed by atoms with Crippen LogP contribution in [0.5, 0.6) is 5.75 Å². The Labute approximate surface area is 176 Å². The number of rotatable bonds is 10. The van der Waals surface area contributed by atoms with Crippen LogP contribution >= 0.6 is 0 Å². The molecule has 0 radical (unpaired) electrons. The Morgan fingerprint density at radius 3 is 1.77 bits per heavy atom. The maximum absolute atomic E-state index is 11.3. The lowest BCUT2D eigenvalue weighted by molar-refractivity contribution is 0.0680. The van der Waals surface area contributed by atoms with Gasteiger partial charge in [-0.1, -0.05) is 12.1 Å². The first-order chi connectivity index (χ1) is 15.0. The van der Waals surface area contributed by atoms with Gasteiger partial charge < -0.3 is 24.8 Å². The molecule has 3 heterocycles. The second-order valence-corrected chi connectivity index (χ2v) is 6.18. The Bertz CT molecular complexity index is 1010. The largest absolute Gasteiger partial charge is 0.491 e. The topological polar surface area (TPSA) is 152 Å². The van der Waals surface area contributed by atoms with Crippen LogP contribution in [0.2, 0.25) is 0 Å². The summed E-state index contributed by atoms with van der Waals surface area (Å²) in [6.45, 7) is 0.524. The first-order valence-corrected chi connectivity index (χ1v) is 9.23. The van der Waals surface area contributed by atoms with Crippen LogP contribution in [0.15, 0.2) is 48.5 Å². The fourth-order valence-corrected chi connectivity index (χ4v) is 2.63. The number of hydrogen-bond acceptors (Lipinski definition) is 8. The molecule has 3 rings (SSSR count). The molecule has 10 heteroatoms. The minimum absolute atomic E-state index is 0.0965. The van der Waals surface area contributed by atoms with Crippen LogP contribution in [0.3, 0.4) is 0 Å². The molecule has 3 aromatic heterocycles. The Balaban J connectivity index is 2.00. The number of aromatic carboxylic acids is 2. The Morgan fingerprint density at radius 1 is 0.742 bits per heavy atom. The van der Waals surface area contributed by atoms with E-state index in [9.17, 15) is 19.8 Å². The molecule has 0 bridgehead atoms. The summed E-state index contributed by atoms with van der Waals surface area (Å²) in [6, 6.07) is 12.2. The second kappa shape index (κ2) is 10.2. The van der Waals surface area contributed by atoms with Crippen molar-refractivity contribution in [1.82, 2.24) is 15.0 Å². The van der Waals surface area contributed by atoms with Crippen molar-refractivity contribution < 1.29 is 34.4 Å². The predicted molar refractivity (Wildman–Crippen MR) is 108 cm³/mol. The number of ether oxygens (including phenoxy) is 2. The van der Waals surface area contributed by atoms with Gasteiger partial charge in [0.2, 0.25) is 0 Å². The lowest BCUT2D eigenvalue weighted by Gasteiger charge is -2.11. The molecule has 160 valence electrons. The van der Waals surface area contributed by atoms with Crippen molar-refractivity contribution in [3.05, 3.63) is 59.9 Å². The average molecular weight is 425 g/mol. The van der Waals surface area contributed by atoms with Gasteiger partial charge in [0.05, 0.1) is 42.6 Å². The van der Waals surface area contributed by atoms with Crippen molar-refractivity contribution in [3.63, 3.8) is 0 Å². The van der Waals surface area contributed by atoms with Crippen molar-refractivity contribution >= 4 is 11.9 Å². The lowest BCUT2D eigenvalue weighted by atomic mass is 10.1. The first-order valence-electron chi connectivity index (χ1n) is 9.23. The van der Waals surface area contributed by atoms with Gasteiger partial charge in [0.15, 0.2) is 0 Å². The number of aromatic nitrogens is 3. The zero-order valence-corrected chi connectivity index (χ0v) is 16.3. The predicted octanol–water partition coefficient (Wildman–Crippen LogP) is 1.99. The fraction of sp³-hybridized carbons (Fsp3) is 0.190. The van der Waals surface area contributed by atoms with E-state index in [1.165, 1.54) is 12.1 Å². The molecule has 0 amide bonds. The van der Waals surface area contributed by atoms with E-state index in [1.807, 2.05) is 0 Å². The van der Waals surface area contributed by atoms with E-state index in [0.29, 0.717) is 28.5 Å². The molecular weight excluding hydrogens is 406 g/mol. The van der Waals surface area contributed by atoms with Gasteiger partial charge in [-0.15, -0.1) is 0 Å². The average Bonchev–Trinajstić information content (AvgIpc) is 2.79. The molecule has 0 aliphatic heterocycles. The summed E-state index contributed by atoms with van der Waals surface area (Å²) in [5.41, 5.74) is 0.977. The highest BCUT2D eigenvalue weighted by Crippen LogP contribution is 2.27. The van der Waals surface area contributed by atoms with Crippen LogP contribution in [0.25, 0.3) is 22.8 Å². The summed E-state index contributed by atoms with van der Waals surface area (Å²) < 4.78 is 10.9. The van der Waals surface area contributed by atoms with Gasteiger partial charge >= 0.3 is 11.9 Å². The minimum atomic E-state index is -1.17. The molecule has 0 unspecified atom stereocenters. The minimum Gasteiger partial charge on any atom is -0.491 e. The third-order valence-corrected chi connectivity index (χ3v) is 3.99.